The standard InChI is InChI=1S/C14H12N2O2S/c15-19(16,13(17)11-7-3-1-4-8-11)14(18)12-9-5-2-6-10-12/h1-10,15-16H. The lowest BCUT2D eigenvalue weighted by Crippen LogP contribution is -2.21. The maximum Gasteiger partial charge on any atom is 0.245 e. The molecule has 0 aliphatic heterocycles. The van der Waals surface area contributed by atoms with Crippen molar-refractivity contribution in [3.05, 3.63) is 71.8 Å². The third-order valence-electron chi connectivity index (χ3n) is 2.58. The maximum atomic E-state index is 12.1. The predicted octanol–water partition coefficient (Wildman–Crippen LogP) is 3.35. The summed E-state index contributed by atoms with van der Waals surface area (Å²) in [5.74, 6) is 0. The predicted molar refractivity (Wildman–Crippen MR) is 74.3 cm³/mol. The zero-order chi connectivity index (χ0) is 13.9. The van der Waals surface area contributed by atoms with Crippen LogP contribution in [0.2, 0.25) is 0 Å². The monoisotopic (exact) mass is 272 g/mol. The molecule has 0 saturated carbocycles. The number of hydrogen-bond donors (Lipinski definition) is 2. The molecule has 0 unspecified atom stereocenters. The van der Waals surface area contributed by atoms with Gasteiger partial charge in [-0.1, -0.05) is 60.7 Å². The van der Waals surface area contributed by atoms with Crippen LogP contribution in [0.5, 0.6) is 0 Å². The van der Waals surface area contributed by atoms with Crippen molar-refractivity contribution in [2.75, 3.05) is 0 Å². The van der Waals surface area contributed by atoms with Gasteiger partial charge in [-0.05, 0) is 0 Å². The van der Waals surface area contributed by atoms with Crippen LogP contribution in [-0.4, -0.2) is 10.2 Å². The van der Waals surface area contributed by atoms with E-state index in [9.17, 15) is 9.59 Å². The molecule has 0 aliphatic carbocycles. The second-order valence-corrected chi connectivity index (χ2v) is 5.89. The fraction of sp³-hybridized carbons (Fsp3) is 0. The van der Waals surface area contributed by atoms with Gasteiger partial charge in [-0.2, -0.15) is 0 Å². The van der Waals surface area contributed by atoms with E-state index in [2.05, 4.69) is 0 Å². The molecule has 0 amide bonds. The Hall–Kier alpha value is -2.27. The summed E-state index contributed by atoms with van der Waals surface area (Å²) in [6.07, 6.45) is 0. The number of nitrogens with one attached hydrogen (secondary N) is 2. The van der Waals surface area contributed by atoms with E-state index >= 15 is 0 Å². The summed E-state index contributed by atoms with van der Waals surface area (Å²) in [4.78, 5) is 24.2. The average Bonchev–Trinajstić information content (AvgIpc) is 2.47. The topological polar surface area (TPSA) is 81.8 Å². The van der Waals surface area contributed by atoms with E-state index in [0.29, 0.717) is 0 Å². The van der Waals surface area contributed by atoms with Crippen LogP contribution in [0.4, 0.5) is 0 Å². The highest BCUT2D eigenvalue weighted by atomic mass is 32.2. The second-order valence-electron chi connectivity index (χ2n) is 3.92. The van der Waals surface area contributed by atoms with Crippen molar-refractivity contribution >= 4 is 19.9 Å². The molecule has 2 rings (SSSR count). The third-order valence-corrected chi connectivity index (χ3v) is 4.16. The van der Waals surface area contributed by atoms with E-state index in [0.717, 1.165) is 0 Å². The van der Waals surface area contributed by atoms with Gasteiger partial charge in [0.1, 0.15) is 0 Å². The summed E-state index contributed by atoms with van der Waals surface area (Å²) in [6, 6.07) is 16.1. The van der Waals surface area contributed by atoms with Gasteiger partial charge in [-0.25, -0.2) is 0 Å². The average molecular weight is 272 g/mol. The molecular formula is C14H12N2O2S. The molecule has 2 aromatic carbocycles. The SMILES string of the molecule is N=S(=N)(C(=O)c1ccccc1)C(=O)c1ccccc1. The Labute approximate surface area is 111 Å². The molecule has 0 bridgehead atoms. The Morgan fingerprint density at radius 2 is 1.00 bits per heavy atom. The first kappa shape index (κ1) is 13.2. The molecule has 0 aromatic heterocycles. The minimum atomic E-state index is -3.52. The first-order chi connectivity index (χ1) is 9.03. The first-order valence-corrected chi connectivity index (χ1v) is 7.18. The summed E-state index contributed by atoms with van der Waals surface area (Å²) in [6.45, 7) is 0. The highest BCUT2D eigenvalue weighted by Crippen LogP contribution is 2.14. The highest BCUT2D eigenvalue weighted by molar-refractivity contribution is 8.21. The Morgan fingerprint density at radius 3 is 1.32 bits per heavy atom. The number of hydrogen-bond acceptors (Lipinski definition) is 4. The minimum absolute atomic E-state index is 0.229. The van der Waals surface area contributed by atoms with Crippen molar-refractivity contribution in [2.24, 2.45) is 0 Å². The normalized spacial score (nSPS) is 10.9. The number of carbonyl (C=O) groups is 2. The molecule has 0 spiro atoms. The van der Waals surface area contributed by atoms with Crippen LogP contribution < -0.4 is 0 Å². The van der Waals surface area contributed by atoms with E-state index in [4.69, 9.17) is 9.56 Å². The van der Waals surface area contributed by atoms with E-state index in [1.54, 1.807) is 36.4 Å². The van der Waals surface area contributed by atoms with E-state index < -0.39 is 19.9 Å². The molecule has 2 aromatic rings. The third kappa shape index (κ3) is 2.61. The molecule has 0 atom stereocenters. The van der Waals surface area contributed by atoms with Crippen LogP contribution in [0.15, 0.2) is 60.7 Å². The fourth-order valence-electron chi connectivity index (χ4n) is 1.59. The molecule has 0 heterocycles. The molecule has 0 radical (unpaired) electrons. The Bertz CT molecular complexity index is 650. The Morgan fingerprint density at radius 1 is 0.684 bits per heavy atom. The Kier molecular flexibility index (Phi) is 3.57. The molecule has 19 heavy (non-hydrogen) atoms. The van der Waals surface area contributed by atoms with Crippen LogP contribution >= 0.6 is 0 Å². The first-order valence-electron chi connectivity index (χ1n) is 5.55. The van der Waals surface area contributed by atoms with E-state index in [1.165, 1.54) is 24.3 Å². The van der Waals surface area contributed by atoms with Gasteiger partial charge in [0.25, 0.3) is 0 Å². The van der Waals surface area contributed by atoms with Crippen molar-refractivity contribution in [3.8, 4) is 0 Å². The lowest BCUT2D eigenvalue weighted by molar-refractivity contribution is 0.105. The number of carbonyl (C=O) groups excluding carboxylic acids is 2. The van der Waals surface area contributed by atoms with Crippen molar-refractivity contribution in [2.45, 2.75) is 0 Å². The van der Waals surface area contributed by atoms with Crippen LogP contribution in [0, 0.1) is 9.56 Å². The van der Waals surface area contributed by atoms with Gasteiger partial charge in [0.15, 0.2) is 0 Å². The van der Waals surface area contributed by atoms with Crippen molar-refractivity contribution in [1.82, 2.24) is 0 Å². The number of rotatable bonds is 2. The second kappa shape index (κ2) is 5.16. The summed E-state index contributed by atoms with van der Waals surface area (Å²) < 4.78 is 15.7. The van der Waals surface area contributed by atoms with E-state index in [-0.39, 0.29) is 11.1 Å². The van der Waals surface area contributed by atoms with Gasteiger partial charge in [0, 0.05) is 11.1 Å². The lowest BCUT2D eigenvalue weighted by Gasteiger charge is -2.08. The van der Waals surface area contributed by atoms with Crippen LogP contribution in [-0.2, 0) is 9.62 Å². The zero-order valence-corrected chi connectivity index (χ0v) is 10.8. The highest BCUT2D eigenvalue weighted by Gasteiger charge is 2.25. The van der Waals surface area contributed by atoms with Crippen LogP contribution in [0.25, 0.3) is 0 Å². The summed E-state index contributed by atoms with van der Waals surface area (Å²) >= 11 is 0. The molecule has 4 nitrogen and oxygen atoms in total. The van der Waals surface area contributed by atoms with Gasteiger partial charge in [-0.3, -0.25) is 19.1 Å². The van der Waals surface area contributed by atoms with Gasteiger partial charge in [0.2, 0.25) is 10.2 Å². The molecule has 0 saturated heterocycles. The smallest absolute Gasteiger partial charge is 0.245 e. The minimum Gasteiger partial charge on any atom is -0.279 e. The van der Waals surface area contributed by atoms with Crippen molar-refractivity contribution in [1.29, 1.82) is 9.56 Å². The molecule has 0 aliphatic rings. The van der Waals surface area contributed by atoms with Gasteiger partial charge in [0.05, 0.1) is 9.62 Å². The van der Waals surface area contributed by atoms with Crippen LogP contribution in [0.3, 0.4) is 0 Å². The van der Waals surface area contributed by atoms with Crippen molar-refractivity contribution < 1.29 is 9.59 Å². The van der Waals surface area contributed by atoms with E-state index in [1.807, 2.05) is 0 Å². The van der Waals surface area contributed by atoms with Gasteiger partial charge in [-0.15, -0.1) is 0 Å². The molecular weight excluding hydrogens is 260 g/mol. The molecule has 0 fully saturated rings. The van der Waals surface area contributed by atoms with Crippen LogP contribution in [0.1, 0.15) is 20.7 Å². The quantitative estimate of drug-likeness (QED) is 0.878. The van der Waals surface area contributed by atoms with Gasteiger partial charge < -0.3 is 0 Å². The maximum absolute atomic E-state index is 12.1. The van der Waals surface area contributed by atoms with Crippen molar-refractivity contribution in [3.63, 3.8) is 0 Å². The summed E-state index contributed by atoms with van der Waals surface area (Å²) in [5.41, 5.74) is 0.457. The largest absolute Gasteiger partial charge is 0.279 e. The molecule has 2 N–H and O–H groups in total. The fourth-order valence-corrected chi connectivity index (χ4v) is 2.73. The number of benzene rings is 2. The Balaban J connectivity index is 2.39. The molecule has 5 heteroatoms. The zero-order valence-electron chi connectivity index (χ0n) is 10.00. The summed E-state index contributed by atoms with van der Waals surface area (Å²) in [7, 11) is -3.52. The van der Waals surface area contributed by atoms with Gasteiger partial charge >= 0.3 is 0 Å². The molecule has 96 valence electrons. The lowest BCUT2D eigenvalue weighted by atomic mass is 10.2. The summed E-state index contributed by atoms with van der Waals surface area (Å²) in [5, 5.41) is -1.47.